The Hall–Kier alpha value is -2.49. The van der Waals surface area contributed by atoms with Gasteiger partial charge in [0.2, 0.25) is 0 Å². The maximum Gasteiger partial charge on any atom is 0.411 e. The van der Waals surface area contributed by atoms with Crippen LogP contribution in [0.2, 0.25) is 25.7 Å². The molecule has 1 unspecified atom stereocenters. The van der Waals surface area contributed by atoms with Crippen LogP contribution < -0.4 is 5.32 Å². The van der Waals surface area contributed by atoms with E-state index in [1.165, 1.54) is 12.7 Å². The van der Waals surface area contributed by atoms with Crippen molar-refractivity contribution < 1.29 is 14.3 Å². The van der Waals surface area contributed by atoms with Gasteiger partial charge in [0.15, 0.2) is 0 Å². The number of carbonyl (C=O) groups excluding carboxylic acids is 1. The molecule has 0 aliphatic heterocycles. The molecule has 1 amide bonds. The summed E-state index contributed by atoms with van der Waals surface area (Å²) in [5.41, 5.74) is 4.89. The van der Waals surface area contributed by atoms with Crippen molar-refractivity contribution in [1.82, 2.24) is 14.5 Å². The van der Waals surface area contributed by atoms with Gasteiger partial charge in [-0.05, 0) is 58.6 Å². The number of ether oxygens (including phenoxy) is 2. The first-order valence-corrected chi connectivity index (χ1v) is 16.0. The van der Waals surface area contributed by atoms with Gasteiger partial charge < -0.3 is 14.0 Å². The molecule has 2 aromatic heterocycles. The molecule has 0 saturated heterocycles. The van der Waals surface area contributed by atoms with Crippen molar-refractivity contribution in [3.63, 3.8) is 0 Å². The van der Waals surface area contributed by atoms with Crippen molar-refractivity contribution in [1.29, 1.82) is 0 Å². The minimum atomic E-state index is -1.16. The fraction of sp³-hybridized carbons (Fsp3) is 0.400. The fourth-order valence-electron chi connectivity index (χ4n) is 4.08. The quantitative estimate of drug-likeness (QED) is 0.267. The molecular weight excluding hydrogens is 512 g/mol. The Morgan fingerprint density at radius 1 is 1.26 bits per heavy atom. The normalized spacial score (nSPS) is 15.3. The van der Waals surface area contributed by atoms with E-state index in [1.807, 2.05) is 30.5 Å². The molecule has 0 spiro atoms. The summed E-state index contributed by atoms with van der Waals surface area (Å²) in [5, 5.41) is 2.68. The van der Waals surface area contributed by atoms with Gasteiger partial charge >= 0.3 is 6.09 Å². The lowest BCUT2D eigenvalue weighted by Gasteiger charge is -2.17. The lowest BCUT2D eigenvalue weighted by atomic mass is 10.1. The molecule has 0 radical (unpaired) electrons. The molecule has 4 rings (SSSR count). The number of anilines is 1. The summed E-state index contributed by atoms with van der Waals surface area (Å²) in [6.07, 6.45) is 5.39. The molecule has 0 fully saturated rings. The van der Waals surface area contributed by atoms with Crippen molar-refractivity contribution in [3.05, 3.63) is 64.3 Å². The molecule has 2 heterocycles. The first kappa shape index (κ1) is 24.6. The number of hydrogen-bond acceptors (Lipinski definition) is 5. The number of pyridine rings is 1. The van der Waals surface area contributed by atoms with Gasteiger partial charge in [0.1, 0.15) is 12.6 Å². The van der Waals surface area contributed by atoms with Crippen molar-refractivity contribution in [2.24, 2.45) is 0 Å². The average molecular weight is 544 g/mol. The van der Waals surface area contributed by atoms with Crippen LogP contribution in [-0.4, -0.2) is 42.4 Å². The Bertz CT molecular complexity index is 1160. The number of nitrogens with zero attached hydrogens (tertiary/aromatic N) is 3. The number of nitrogens with one attached hydrogen (secondary N) is 1. The molecule has 180 valence electrons. The third-order valence-corrected chi connectivity index (χ3v) is 8.10. The van der Waals surface area contributed by atoms with Gasteiger partial charge in [-0.15, -0.1) is 0 Å². The number of halogens is 1. The van der Waals surface area contributed by atoms with Gasteiger partial charge in [0.05, 0.1) is 24.4 Å². The summed E-state index contributed by atoms with van der Waals surface area (Å²) >= 11 is 3.54. The van der Waals surface area contributed by atoms with Gasteiger partial charge in [-0.2, -0.15) is 0 Å². The van der Waals surface area contributed by atoms with Crippen LogP contribution in [0.5, 0.6) is 0 Å². The molecule has 9 heteroatoms. The number of amides is 1. The SMILES string of the molecule is COC(=O)Nc1ccc(-c2cn(COCC[Si](C)(C)C)c(C3CCc4cc(Br)cnc43)n2)cc1. The Kier molecular flexibility index (Phi) is 7.54. The van der Waals surface area contributed by atoms with Crippen LogP contribution in [0.3, 0.4) is 0 Å². The molecule has 1 N–H and O–H groups in total. The van der Waals surface area contributed by atoms with Crippen molar-refractivity contribution in [2.45, 2.75) is 51.2 Å². The van der Waals surface area contributed by atoms with Crippen LogP contribution in [0.15, 0.2) is 47.2 Å². The Labute approximate surface area is 210 Å². The summed E-state index contributed by atoms with van der Waals surface area (Å²) in [4.78, 5) is 21.2. The highest BCUT2D eigenvalue weighted by molar-refractivity contribution is 9.10. The van der Waals surface area contributed by atoms with Gasteiger partial charge in [0, 0.05) is 42.8 Å². The highest BCUT2D eigenvalue weighted by atomic mass is 79.9. The topological polar surface area (TPSA) is 78.3 Å². The van der Waals surface area contributed by atoms with Gasteiger partial charge in [0.25, 0.3) is 0 Å². The van der Waals surface area contributed by atoms with E-state index < -0.39 is 14.2 Å². The maximum absolute atomic E-state index is 11.5. The number of rotatable bonds is 8. The number of benzene rings is 1. The summed E-state index contributed by atoms with van der Waals surface area (Å²) in [6, 6.07) is 10.9. The van der Waals surface area contributed by atoms with Crippen molar-refractivity contribution >= 4 is 35.8 Å². The van der Waals surface area contributed by atoms with Gasteiger partial charge in [-0.3, -0.25) is 10.3 Å². The molecule has 3 aromatic rings. The van der Waals surface area contributed by atoms with E-state index >= 15 is 0 Å². The van der Waals surface area contributed by atoms with E-state index in [0.717, 1.165) is 52.7 Å². The molecular formula is C25H31BrN4O3Si. The lowest BCUT2D eigenvalue weighted by molar-refractivity contribution is 0.0846. The largest absolute Gasteiger partial charge is 0.453 e. The van der Waals surface area contributed by atoms with Gasteiger partial charge in [-0.1, -0.05) is 31.8 Å². The molecule has 0 bridgehead atoms. The highest BCUT2D eigenvalue weighted by Crippen LogP contribution is 2.38. The minimum Gasteiger partial charge on any atom is -0.453 e. The predicted octanol–water partition coefficient (Wildman–Crippen LogP) is 6.28. The molecule has 34 heavy (non-hydrogen) atoms. The van der Waals surface area contributed by atoms with Gasteiger partial charge in [-0.25, -0.2) is 9.78 Å². The van der Waals surface area contributed by atoms with Crippen LogP contribution in [0.4, 0.5) is 10.5 Å². The molecule has 1 aliphatic carbocycles. The zero-order valence-electron chi connectivity index (χ0n) is 20.1. The third kappa shape index (κ3) is 5.95. The molecule has 1 aliphatic rings. The van der Waals surface area contributed by atoms with Crippen molar-refractivity contribution in [3.8, 4) is 11.3 Å². The zero-order chi connectivity index (χ0) is 24.3. The first-order valence-electron chi connectivity index (χ1n) is 11.5. The second-order valence-corrected chi connectivity index (χ2v) is 16.3. The average Bonchev–Trinajstić information content (AvgIpc) is 3.40. The Morgan fingerprint density at radius 3 is 2.74 bits per heavy atom. The highest BCUT2D eigenvalue weighted by Gasteiger charge is 2.30. The second kappa shape index (κ2) is 10.4. The first-order chi connectivity index (χ1) is 16.2. The van der Waals surface area contributed by atoms with E-state index in [4.69, 9.17) is 14.7 Å². The van der Waals surface area contributed by atoms with E-state index in [9.17, 15) is 4.79 Å². The predicted molar refractivity (Wildman–Crippen MR) is 140 cm³/mol. The number of hydrogen-bond donors (Lipinski definition) is 1. The number of aryl methyl sites for hydroxylation is 1. The summed E-state index contributed by atoms with van der Waals surface area (Å²) < 4.78 is 13.9. The monoisotopic (exact) mass is 542 g/mol. The number of imidazole rings is 1. The zero-order valence-corrected chi connectivity index (χ0v) is 22.7. The third-order valence-electron chi connectivity index (χ3n) is 5.96. The number of methoxy groups -OCH3 is 1. The molecule has 0 saturated carbocycles. The van der Waals surface area contributed by atoms with E-state index in [1.54, 1.807) is 0 Å². The standard InChI is InChI=1S/C25H31BrN4O3Si/c1-32-25(31)28-20-8-5-17(6-9-20)22-15-30(16-33-11-12-34(2,3)4)24(29-22)21-10-7-18-13-19(26)14-27-23(18)21/h5-6,8-9,13-15,21H,7,10-12,16H2,1-4H3,(H,28,31). The van der Waals surface area contributed by atoms with Crippen LogP contribution >= 0.6 is 15.9 Å². The molecule has 7 nitrogen and oxygen atoms in total. The molecule has 1 atom stereocenters. The maximum atomic E-state index is 11.5. The van der Waals surface area contributed by atoms with Crippen LogP contribution in [-0.2, 0) is 22.6 Å². The number of aromatic nitrogens is 3. The second-order valence-electron chi connectivity index (χ2n) is 9.79. The smallest absolute Gasteiger partial charge is 0.411 e. The number of fused-ring (bicyclic) bond motifs is 1. The van der Waals surface area contributed by atoms with E-state index in [0.29, 0.717) is 12.4 Å². The van der Waals surface area contributed by atoms with E-state index in [2.05, 4.69) is 62.5 Å². The number of carbonyl (C=O) groups is 1. The van der Waals surface area contributed by atoms with Crippen LogP contribution in [0.1, 0.15) is 29.4 Å². The lowest BCUT2D eigenvalue weighted by Crippen LogP contribution is -2.22. The van der Waals surface area contributed by atoms with Crippen LogP contribution in [0, 0.1) is 0 Å². The Balaban J connectivity index is 1.60. The summed E-state index contributed by atoms with van der Waals surface area (Å²) in [5.74, 6) is 1.12. The van der Waals surface area contributed by atoms with Crippen LogP contribution in [0.25, 0.3) is 11.3 Å². The minimum absolute atomic E-state index is 0.137. The van der Waals surface area contributed by atoms with Crippen molar-refractivity contribution in [2.75, 3.05) is 19.0 Å². The summed E-state index contributed by atoms with van der Waals surface area (Å²) in [7, 11) is 0.187. The molecule has 1 aromatic carbocycles. The fourth-order valence-corrected chi connectivity index (χ4v) is 5.21. The summed E-state index contributed by atoms with van der Waals surface area (Å²) in [6.45, 7) is 8.29. The van der Waals surface area contributed by atoms with E-state index in [-0.39, 0.29) is 5.92 Å². The Morgan fingerprint density at radius 2 is 2.03 bits per heavy atom.